The second-order valence-electron chi connectivity index (χ2n) is 6.32. The Morgan fingerprint density at radius 1 is 0.880 bits per heavy atom. The van der Waals surface area contributed by atoms with E-state index in [1.807, 2.05) is 4.90 Å². The van der Waals surface area contributed by atoms with Gasteiger partial charge in [-0.2, -0.15) is 16.8 Å². The van der Waals surface area contributed by atoms with Crippen molar-refractivity contribution < 1.29 is 35.4 Å². The molecule has 25 heavy (non-hydrogen) atoms. The van der Waals surface area contributed by atoms with Gasteiger partial charge in [0.2, 0.25) is 0 Å². The lowest BCUT2D eigenvalue weighted by atomic mass is 10.0. The van der Waals surface area contributed by atoms with Gasteiger partial charge in [0.05, 0.1) is 32.2 Å². The van der Waals surface area contributed by atoms with Crippen LogP contribution in [0.15, 0.2) is 0 Å². The summed E-state index contributed by atoms with van der Waals surface area (Å²) in [5.41, 5.74) is 0. The summed E-state index contributed by atoms with van der Waals surface area (Å²) < 4.78 is 76.4. The molecule has 0 aromatic rings. The first-order valence-corrected chi connectivity index (χ1v) is 11.3. The van der Waals surface area contributed by atoms with Crippen LogP contribution in [0.25, 0.3) is 0 Å². The van der Waals surface area contributed by atoms with Crippen molar-refractivity contribution in [2.75, 3.05) is 58.4 Å². The minimum atomic E-state index is -4.41. The molecule has 0 aromatic heterocycles. The Morgan fingerprint density at radius 3 is 1.72 bits per heavy atom. The quantitative estimate of drug-likeness (QED) is 0.487. The number of morpholine rings is 2. The van der Waals surface area contributed by atoms with Crippen LogP contribution in [-0.2, 0) is 29.7 Å². The number of hydrogen-bond donors (Lipinski definition) is 2. The molecule has 0 aromatic carbocycles. The normalized spacial score (nSPS) is 25.4. The molecule has 2 aliphatic heterocycles. The summed E-state index contributed by atoms with van der Waals surface area (Å²) in [7, 11) is -8.76. The Morgan fingerprint density at radius 2 is 1.32 bits per heavy atom. The molecule has 3 atom stereocenters. The Hall–Kier alpha value is -0.340. The van der Waals surface area contributed by atoms with Crippen molar-refractivity contribution in [1.29, 1.82) is 0 Å². The van der Waals surface area contributed by atoms with Crippen molar-refractivity contribution in [2.24, 2.45) is 0 Å². The van der Waals surface area contributed by atoms with E-state index in [-0.39, 0.29) is 0 Å². The van der Waals surface area contributed by atoms with Gasteiger partial charge in [-0.15, -0.1) is 0 Å². The highest BCUT2D eigenvalue weighted by atomic mass is 32.2. The zero-order valence-corrected chi connectivity index (χ0v) is 15.8. The molecule has 0 amide bonds. The second-order valence-corrected chi connectivity index (χ2v) is 9.59. The standard InChI is InChI=1S/C13H26N2O8S2/c1-11(25(19,20)21)13(15-4-8-23-9-5-15)12(10-24(16,17)18)14-2-6-22-7-3-14/h11-13H,2-10H2,1H3,(H,16,17,18)(H,19,20,21). The SMILES string of the molecule is CC(C(C(CS(=O)(=O)O)N1CCOCC1)N1CCOCC1)S(=O)(=O)O. The minimum Gasteiger partial charge on any atom is -0.379 e. The van der Waals surface area contributed by atoms with Gasteiger partial charge in [0.25, 0.3) is 20.2 Å². The predicted molar refractivity (Wildman–Crippen MR) is 89.8 cm³/mol. The largest absolute Gasteiger partial charge is 0.379 e. The van der Waals surface area contributed by atoms with E-state index in [4.69, 9.17) is 9.47 Å². The molecule has 2 N–H and O–H groups in total. The fourth-order valence-electron chi connectivity index (χ4n) is 3.45. The van der Waals surface area contributed by atoms with Crippen LogP contribution in [0.4, 0.5) is 0 Å². The van der Waals surface area contributed by atoms with Gasteiger partial charge in [0, 0.05) is 38.3 Å². The van der Waals surface area contributed by atoms with E-state index in [0.717, 1.165) is 0 Å². The van der Waals surface area contributed by atoms with E-state index >= 15 is 0 Å². The van der Waals surface area contributed by atoms with Crippen molar-refractivity contribution in [2.45, 2.75) is 24.3 Å². The number of hydrogen-bond acceptors (Lipinski definition) is 8. The third kappa shape index (κ3) is 6.10. The summed E-state index contributed by atoms with van der Waals surface area (Å²) in [5, 5.41) is -1.22. The fraction of sp³-hybridized carbons (Fsp3) is 1.00. The summed E-state index contributed by atoms with van der Waals surface area (Å²) in [6.45, 7) is 4.56. The van der Waals surface area contributed by atoms with Crippen molar-refractivity contribution in [3.05, 3.63) is 0 Å². The molecule has 12 heteroatoms. The first-order chi connectivity index (χ1) is 11.6. The molecule has 10 nitrogen and oxygen atoms in total. The maximum absolute atomic E-state index is 11.8. The number of ether oxygens (including phenoxy) is 2. The molecule has 2 saturated heterocycles. The molecule has 2 fully saturated rings. The van der Waals surface area contributed by atoms with Gasteiger partial charge in [0.15, 0.2) is 0 Å². The Bertz CT molecular complexity index is 626. The van der Waals surface area contributed by atoms with Crippen LogP contribution in [0.2, 0.25) is 0 Å². The predicted octanol–water partition coefficient (Wildman–Crippen LogP) is -1.45. The molecule has 0 spiro atoms. The zero-order valence-electron chi connectivity index (χ0n) is 14.2. The minimum absolute atomic E-state index is 0.385. The van der Waals surface area contributed by atoms with Crippen molar-refractivity contribution in [1.82, 2.24) is 9.80 Å². The third-order valence-electron chi connectivity index (χ3n) is 4.71. The summed E-state index contributed by atoms with van der Waals surface area (Å²) in [4.78, 5) is 3.62. The Labute approximate surface area is 148 Å². The highest BCUT2D eigenvalue weighted by Gasteiger charge is 2.43. The topological polar surface area (TPSA) is 134 Å². The molecule has 2 heterocycles. The van der Waals surface area contributed by atoms with Crippen molar-refractivity contribution in [3.63, 3.8) is 0 Å². The molecule has 2 rings (SSSR count). The Kier molecular flexibility index (Phi) is 7.18. The maximum Gasteiger partial charge on any atom is 0.269 e. The van der Waals surface area contributed by atoms with Gasteiger partial charge in [-0.25, -0.2) is 0 Å². The average molecular weight is 402 g/mol. The fourth-order valence-corrected chi connectivity index (χ4v) is 5.00. The third-order valence-corrected chi connectivity index (χ3v) is 6.69. The number of nitrogens with zero attached hydrogens (tertiary/aromatic N) is 2. The van der Waals surface area contributed by atoms with Gasteiger partial charge < -0.3 is 9.47 Å². The molecule has 0 saturated carbocycles. The van der Waals surface area contributed by atoms with Gasteiger partial charge in [0.1, 0.15) is 5.25 Å². The smallest absolute Gasteiger partial charge is 0.269 e. The summed E-state index contributed by atoms with van der Waals surface area (Å²) >= 11 is 0. The molecule has 0 radical (unpaired) electrons. The lowest BCUT2D eigenvalue weighted by Gasteiger charge is -2.45. The van der Waals surface area contributed by atoms with E-state index in [0.29, 0.717) is 52.6 Å². The molecule has 0 aliphatic carbocycles. The van der Waals surface area contributed by atoms with Crippen molar-refractivity contribution >= 4 is 20.2 Å². The van der Waals surface area contributed by atoms with Crippen LogP contribution in [0.1, 0.15) is 6.92 Å². The van der Waals surface area contributed by atoms with Crippen LogP contribution < -0.4 is 0 Å². The second kappa shape index (κ2) is 8.57. The van der Waals surface area contributed by atoms with Gasteiger partial charge in [-0.05, 0) is 6.92 Å². The molecule has 148 valence electrons. The van der Waals surface area contributed by atoms with Gasteiger partial charge >= 0.3 is 0 Å². The van der Waals surface area contributed by atoms with E-state index in [1.165, 1.54) is 6.92 Å². The molecule has 0 bridgehead atoms. The molecular weight excluding hydrogens is 376 g/mol. The van der Waals surface area contributed by atoms with Crippen molar-refractivity contribution in [3.8, 4) is 0 Å². The van der Waals surface area contributed by atoms with Gasteiger partial charge in [-0.3, -0.25) is 18.9 Å². The van der Waals surface area contributed by atoms with Crippen LogP contribution in [0, 0.1) is 0 Å². The highest BCUT2D eigenvalue weighted by Crippen LogP contribution is 2.23. The van der Waals surface area contributed by atoms with E-state index in [9.17, 15) is 25.9 Å². The van der Waals surface area contributed by atoms with E-state index in [1.54, 1.807) is 4.90 Å². The Balaban J connectivity index is 2.38. The van der Waals surface area contributed by atoms with Crippen LogP contribution in [0.3, 0.4) is 0 Å². The maximum atomic E-state index is 11.8. The average Bonchev–Trinajstić information content (AvgIpc) is 2.54. The van der Waals surface area contributed by atoms with Gasteiger partial charge in [-0.1, -0.05) is 0 Å². The molecule has 2 aliphatic rings. The number of rotatable bonds is 7. The monoisotopic (exact) mass is 402 g/mol. The summed E-state index contributed by atoms with van der Waals surface area (Å²) in [6, 6.07) is -1.60. The molecule has 3 unspecified atom stereocenters. The summed E-state index contributed by atoms with van der Waals surface area (Å²) in [5.74, 6) is -0.616. The molecular formula is C13H26N2O8S2. The summed E-state index contributed by atoms with van der Waals surface area (Å²) in [6.07, 6.45) is 0. The van der Waals surface area contributed by atoms with E-state index < -0.39 is 43.3 Å². The first-order valence-electron chi connectivity index (χ1n) is 8.14. The first kappa shape index (κ1) is 21.0. The van der Waals surface area contributed by atoms with Crippen LogP contribution in [0.5, 0.6) is 0 Å². The lowest BCUT2D eigenvalue weighted by Crippen LogP contribution is -2.63. The van der Waals surface area contributed by atoms with Crippen LogP contribution >= 0.6 is 0 Å². The van der Waals surface area contributed by atoms with Crippen LogP contribution in [-0.4, -0.2) is 111 Å². The highest BCUT2D eigenvalue weighted by molar-refractivity contribution is 7.86. The zero-order chi connectivity index (χ0) is 18.7. The lowest BCUT2D eigenvalue weighted by molar-refractivity contribution is -0.0309. The van der Waals surface area contributed by atoms with E-state index in [2.05, 4.69) is 0 Å².